The summed E-state index contributed by atoms with van der Waals surface area (Å²) in [5.74, 6) is -0.311. The second kappa shape index (κ2) is 7.35. The maximum Gasteiger partial charge on any atom is 0.251 e. The molecule has 0 atom stereocenters. The topological polar surface area (TPSA) is 46.9 Å². The van der Waals surface area contributed by atoms with Crippen LogP contribution in [0.5, 0.6) is 0 Å². The number of carbonyl (C=O) groups excluding carboxylic acids is 1. The first-order valence-electron chi connectivity index (χ1n) is 9.29. The molecule has 4 rings (SSSR count). The lowest BCUT2D eigenvalue weighted by Crippen LogP contribution is -2.39. The number of nitrogens with one attached hydrogen (secondary N) is 1. The molecule has 138 valence electrons. The highest BCUT2D eigenvalue weighted by atomic mass is 19.1. The van der Waals surface area contributed by atoms with Gasteiger partial charge in [-0.1, -0.05) is 25.0 Å². The Morgan fingerprint density at radius 1 is 1.07 bits per heavy atom. The average Bonchev–Trinajstić information content (AvgIpc) is 3.40. The zero-order valence-electron chi connectivity index (χ0n) is 15.1. The fraction of sp³-hybridized carbons (Fsp3) is 0.273. The Balaban J connectivity index is 1.46. The molecule has 1 aliphatic carbocycles. The van der Waals surface area contributed by atoms with Crippen LogP contribution in [0.3, 0.4) is 0 Å². The maximum atomic E-state index is 13.3. The van der Waals surface area contributed by atoms with Crippen molar-refractivity contribution in [3.05, 3.63) is 84.2 Å². The second-order valence-corrected chi connectivity index (χ2v) is 7.19. The number of hydrogen-bond acceptors (Lipinski definition) is 2. The molecule has 3 aromatic rings. The molecular weight excluding hydrogens is 341 g/mol. The molecule has 1 aliphatic rings. The zero-order chi connectivity index (χ0) is 18.7. The normalized spacial score (nSPS) is 15.6. The van der Waals surface area contributed by atoms with E-state index in [4.69, 9.17) is 0 Å². The minimum absolute atomic E-state index is 0.0828. The summed E-state index contributed by atoms with van der Waals surface area (Å²) in [6.07, 6.45) is 9.59. The van der Waals surface area contributed by atoms with Crippen molar-refractivity contribution in [1.29, 1.82) is 0 Å². The van der Waals surface area contributed by atoms with E-state index in [1.165, 1.54) is 12.1 Å². The Kier molecular flexibility index (Phi) is 4.75. The summed E-state index contributed by atoms with van der Waals surface area (Å²) in [6.45, 7) is 0.570. The molecule has 1 fully saturated rings. The van der Waals surface area contributed by atoms with E-state index in [1.54, 1.807) is 12.5 Å². The quantitative estimate of drug-likeness (QED) is 0.736. The Morgan fingerprint density at radius 2 is 1.78 bits per heavy atom. The SMILES string of the molecule is O=C(NCC1(c2ccc(F)cc2)CCCC1)c1ccc(-n2ccnc2)cc1. The summed E-state index contributed by atoms with van der Waals surface area (Å²) >= 11 is 0. The van der Waals surface area contributed by atoms with E-state index in [9.17, 15) is 9.18 Å². The average molecular weight is 363 g/mol. The molecule has 1 heterocycles. The Morgan fingerprint density at radius 3 is 2.41 bits per heavy atom. The highest BCUT2D eigenvalue weighted by Crippen LogP contribution is 2.40. The molecule has 0 radical (unpaired) electrons. The van der Waals surface area contributed by atoms with Crippen LogP contribution >= 0.6 is 0 Å². The number of rotatable bonds is 5. The van der Waals surface area contributed by atoms with E-state index in [-0.39, 0.29) is 17.1 Å². The molecule has 4 nitrogen and oxygen atoms in total. The van der Waals surface area contributed by atoms with Gasteiger partial charge >= 0.3 is 0 Å². The van der Waals surface area contributed by atoms with E-state index in [1.807, 2.05) is 47.2 Å². The number of nitrogens with zero attached hydrogens (tertiary/aromatic N) is 2. The van der Waals surface area contributed by atoms with Gasteiger partial charge in [0.05, 0.1) is 6.33 Å². The van der Waals surface area contributed by atoms with Gasteiger partial charge in [0.2, 0.25) is 0 Å². The van der Waals surface area contributed by atoms with Crippen molar-refractivity contribution in [2.24, 2.45) is 0 Å². The number of amides is 1. The Hall–Kier alpha value is -2.95. The highest BCUT2D eigenvalue weighted by molar-refractivity contribution is 5.94. The van der Waals surface area contributed by atoms with Crippen LogP contribution in [0.2, 0.25) is 0 Å². The number of aromatic nitrogens is 2. The zero-order valence-corrected chi connectivity index (χ0v) is 15.1. The lowest BCUT2D eigenvalue weighted by Gasteiger charge is -2.30. The molecule has 5 heteroatoms. The third kappa shape index (κ3) is 3.63. The fourth-order valence-corrected chi connectivity index (χ4v) is 3.97. The van der Waals surface area contributed by atoms with Gasteiger partial charge in [-0.3, -0.25) is 4.79 Å². The van der Waals surface area contributed by atoms with Crippen LogP contribution in [0.1, 0.15) is 41.6 Å². The monoisotopic (exact) mass is 363 g/mol. The molecule has 0 aliphatic heterocycles. The summed E-state index contributed by atoms with van der Waals surface area (Å²) < 4.78 is 15.2. The summed E-state index contributed by atoms with van der Waals surface area (Å²) in [5.41, 5.74) is 2.60. The molecule has 0 bridgehead atoms. The first-order valence-corrected chi connectivity index (χ1v) is 9.29. The van der Waals surface area contributed by atoms with E-state index >= 15 is 0 Å². The summed E-state index contributed by atoms with van der Waals surface area (Å²) in [4.78, 5) is 16.7. The standard InChI is InChI=1S/C22H22FN3O/c23-19-7-5-18(6-8-19)22(11-1-2-12-22)15-25-21(27)17-3-9-20(10-4-17)26-14-13-24-16-26/h3-10,13-14,16H,1-2,11-12,15H2,(H,25,27). The van der Waals surface area contributed by atoms with Crippen LogP contribution in [0.25, 0.3) is 5.69 Å². The van der Waals surface area contributed by atoms with Crippen molar-refractivity contribution in [1.82, 2.24) is 14.9 Å². The van der Waals surface area contributed by atoms with E-state index in [2.05, 4.69) is 10.3 Å². The van der Waals surface area contributed by atoms with Crippen LogP contribution in [-0.4, -0.2) is 22.0 Å². The molecule has 1 N–H and O–H groups in total. The van der Waals surface area contributed by atoms with Crippen molar-refractivity contribution in [2.75, 3.05) is 6.54 Å². The third-order valence-corrected chi connectivity index (χ3v) is 5.54. The molecule has 2 aromatic carbocycles. The first-order chi connectivity index (χ1) is 13.2. The fourth-order valence-electron chi connectivity index (χ4n) is 3.97. The van der Waals surface area contributed by atoms with Crippen LogP contribution in [0.15, 0.2) is 67.3 Å². The lowest BCUT2D eigenvalue weighted by atomic mass is 9.78. The summed E-state index contributed by atoms with van der Waals surface area (Å²) in [5, 5.41) is 3.10. The number of benzene rings is 2. The van der Waals surface area contributed by atoms with Gasteiger partial charge in [0.25, 0.3) is 5.91 Å². The van der Waals surface area contributed by atoms with E-state index in [0.717, 1.165) is 36.9 Å². The van der Waals surface area contributed by atoms with E-state index < -0.39 is 0 Å². The largest absolute Gasteiger partial charge is 0.351 e. The Bertz CT molecular complexity index is 896. The molecule has 1 aromatic heterocycles. The molecule has 1 amide bonds. The van der Waals surface area contributed by atoms with Crippen molar-refractivity contribution in [2.45, 2.75) is 31.1 Å². The van der Waals surface area contributed by atoms with Crippen LogP contribution in [-0.2, 0) is 5.41 Å². The minimum Gasteiger partial charge on any atom is -0.351 e. The van der Waals surface area contributed by atoms with Gasteiger partial charge in [0, 0.05) is 35.6 Å². The summed E-state index contributed by atoms with van der Waals surface area (Å²) in [7, 11) is 0. The lowest BCUT2D eigenvalue weighted by molar-refractivity contribution is 0.0943. The van der Waals surface area contributed by atoms with Crippen molar-refractivity contribution in [3.63, 3.8) is 0 Å². The van der Waals surface area contributed by atoms with Gasteiger partial charge in [-0.25, -0.2) is 9.37 Å². The maximum absolute atomic E-state index is 13.3. The Labute approximate surface area is 158 Å². The van der Waals surface area contributed by atoms with Gasteiger partial charge in [-0.2, -0.15) is 0 Å². The van der Waals surface area contributed by atoms with Gasteiger partial charge in [0.1, 0.15) is 5.82 Å². The number of carbonyl (C=O) groups is 1. The molecule has 0 spiro atoms. The summed E-state index contributed by atoms with van der Waals surface area (Å²) in [6, 6.07) is 14.2. The van der Waals surface area contributed by atoms with Crippen LogP contribution in [0, 0.1) is 5.82 Å². The van der Waals surface area contributed by atoms with Crippen LogP contribution < -0.4 is 5.32 Å². The predicted molar refractivity (Wildman–Crippen MR) is 102 cm³/mol. The van der Waals surface area contributed by atoms with Crippen LogP contribution in [0.4, 0.5) is 4.39 Å². The number of imidazole rings is 1. The van der Waals surface area contributed by atoms with Crippen molar-refractivity contribution < 1.29 is 9.18 Å². The third-order valence-electron chi connectivity index (χ3n) is 5.54. The molecular formula is C22H22FN3O. The predicted octanol–water partition coefficient (Wildman–Crippen LogP) is 4.25. The van der Waals surface area contributed by atoms with Gasteiger partial charge in [-0.15, -0.1) is 0 Å². The second-order valence-electron chi connectivity index (χ2n) is 7.19. The minimum atomic E-state index is -0.228. The highest BCUT2D eigenvalue weighted by Gasteiger charge is 2.35. The van der Waals surface area contributed by atoms with Gasteiger partial charge in [0.15, 0.2) is 0 Å². The van der Waals surface area contributed by atoms with Crippen molar-refractivity contribution in [3.8, 4) is 5.69 Å². The van der Waals surface area contributed by atoms with Gasteiger partial charge < -0.3 is 9.88 Å². The number of hydrogen-bond donors (Lipinski definition) is 1. The van der Waals surface area contributed by atoms with E-state index in [0.29, 0.717) is 12.1 Å². The molecule has 0 saturated heterocycles. The van der Waals surface area contributed by atoms with Crippen molar-refractivity contribution >= 4 is 5.91 Å². The van der Waals surface area contributed by atoms with Gasteiger partial charge in [-0.05, 0) is 54.8 Å². The smallest absolute Gasteiger partial charge is 0.251 e. The number of halogens is 1. The molecule has 0 unspecified atom stereocenters. The molecule has 27 heavy (non-hydrogen) atoms. The first kappa shape index (κ1) is 17.5. The molecule has 1 saturated carbocycles.